The molecule has 2 rings (SSSR count). The van der Waals surface area contributed by atoms with Crippen molar-refractivity contribution in [2.45, 2.75) is 25.7 Å². The number of carbonyl (C=O) groups is 1. The maximum atomic E-state index is 12.1. The van der Waals surface area contributed by atoms with Gasteiger partial charge >= 0.3 is 0 Å². The Kier molecular flexibility index (Phi) is 4.81. The number of likely N-dealkylation sites (N-methyl/N-ethyl adjacent to an activating group) is 1. The lowest BCUT2D eigenvalue weighted by molar-refractivity contribution is -0.131. The van der Waals surface area contributed by atoms with Gasteiger partial charge in [0.2, 0.25) is 5.91 Å². The summed E-state index contributed by atoms with van der Waals surface area (Å²) in [5, 5.41) is 3.33. The van der Waals surface area contributed by atoms with Crippen LogP contribution in [0.25, 0.3) is 0 Å². The Balaban J connectivity index is 1.70. The number of H-pyrrole nitrogens is 1. The molecule has 0 aromatic carbocycles. The second kappa shape index (κ2) is 6.59. The van der Waals surface area contributed by atoms with Gasteiger partial charge in [-0.25, -0.2) is 0 Å². The standard InChI is InChI=1S/C14H23N3O/c1-17(9-5-13-4-8-16-11-13)14(18)10-12-2-6-15-7-3-12/h4,8,11-12,15-16H,2-3,5-7,9-10H2,1H3. The Morgan fingerprint density at radius 1 is 1.44 bits per heavy atom. The van der Waals surface area contributed by atoms with E-state index in [0.29, 0.717) is 12.3 Å². The first kappa shape index (κ1) is 13.1. The molecule has 1 saturated heterocycles. The van der Waals surface area contributed by atoms with E-state index in [1.54, 1.807) is 0 Å². The zero-order valence-electron chi connectivity index (χ0n) is 11.1. The van der Waals surface area contributed by atoms with Crippen molar-refractivity contribution in [2.24, 2.45) is 5.92 Å². The molecular formula is C14H23N3O. The Morgan fingerprint density at radius 2 is 2.22 bits per heavy atom. The summed E-state index contributed by atoms with van der Waals surface area (Å²) >= 11 is 0. The number of aromatic nitrogens is 1. The van der Waals surface area contributed by atoms with Crippen LogP contribution in [0.3, 0.4) is 0 Å². The highest BCUT2D eigenvalue weighted by atomic mass is 16.2. The van der Waals surface area contributed by atoms with Crippen LogP contribution >= 0.6 is 0 Å². The predicted molar refractivity (Wildman–Crippen MR) is 72.3 cm³/mol. The van der Waals surface area contributed by atoms with Gasteiger partial charge in [0.05, 0.1) is 0 Å². The van der Waals surface area contributed by atoms with E-state index in [0.717, 1.165) is 38.9 Å². The molecule has 2 heterocycles. The highest BCUT2D eigenvalue weighted by Crippen LogP contribution is 2.16. The monoisotopic (exact) mass is 249 g/mol. The topological polar surface area (TPSA) is 48.1 Å². The van der Waals surface area contributed by atoms with Gasteiger partial charge in [0.1, 0.15) is 0 Å². The molecule has 0 unspecified atom stereocenters. The first-order valence-electron chi connectivity index (χ1n) is 6.82. The number of nitrogens with one attached hydrogen (secondary N) is 2. The molecule has 18 heavy (non-hydrogen) atoms. The van der Waals surface area contributed by atoms with E-state index in [9.17, 15) is 4.79 Å². The van der Waals surface area contributed by atoms with Gasteiger partial charge in [0.15, 0.2) is 0 Å². The van der Waals surface area contributed by atoms with Crippen molar-refractivity contribution >= 4 is 5.91 Å². The van der Waals surface area contributed by atoms with Gasteiger partial charge in [-0.2, -0.15) is 0 Å². The lowest BCUT2D eigenvalue weighted by atomic mass is 9.94. The van der Waals surface area contributed by atoms with Crippen LogP contribution < -0.4 is 5.32 Å². The van der Waals surface area contributed by atoms with Gasteiger partial charge in [0, 0.05) is 32.4 Å². The van der Waals surface area contributed by atoms with E-state index >= 15 is 0 Å². The molecule has 1 aliphatic heterocycles. The van der Waals surface area contributed by atoms with Crippen LogP contribution in [-0.2, 0) is 11.2 Å². The third-order valence-corrected chi connectivity index (χ3v) is 3.75. The molecular weight excluding hydrogens is 226 g/mol. The number of aromatic amines is 1. The van der Waals surface area contributed by atoms with Crippen LogP contribution in [0.2, 0.25) is 0 Å². The summed E-state index contributed by atoms with van der Waals surface area (Å²) < 4.78 is 0. The zero-order chi connectivity index (χ0) is 12.8. The van der Waals surface area contributed by atoms with E-state index in [4.69, 9.17) is 0 Å². The van der Waals surface area contributed by atoms with Crippen LogP contribution in [-0.4, -0.2) is 42.5 Å². The summed E-state index contributed by atoms with van der Waals surface area (Å²) in [6.45, 7) is 2.93. The lowest BCUT2D eigenvalue weighted by Crippen LogP contribution is -2.34. The first-order valence-corrected chi connectivity index (χ1v) is 6.82. The summed E-state index contributed by atoms with van der Waals surface area (Å²) in [6, 6.07) is 2.06. The highest BCUT2D eigenvalue weighted by Gasteiger charge is 2.18. The normalized spacial score (nSPS) is 16.7. The molecule has 1 aromatic heterocycles. The van der Waals surface area contributed by atoms with Crippen LogP contribution in [0.5, 0.6) is 0 Å². The van der Waals surface area contributed by atoms with E-state index in [2.05, 4.69) is 16.4 Å². The third-order valence-electron chi connectivity index (χ3n) is 3.75. The smallest absolute Gasteiger partial charge is 0.222 e. The first-order chi connectivity index (χ1) is 8.75. The summed E-state index contributed by atoms with van der Waals surface area (Å²) in [7, 11) is 1.91. The van der Waals surface area contributed by atoms with Crippen LogP contribution in [0, 0.1) is 5.92 Å². The molecule has 4 heteroatoms. The van der Waals surface area contributed by atoms with Gasteiger partial charge in [-0.3, -0.25) is 4.79 Å². The molecule has 0 atom stereocenters. The third kappa shape index (κ3) is 3.88. The Morgan fingerprint density at radius 3 is 2.89 bits per heavy atom. The number of rotatable bonds is 5. The number of piperidine rings is 1. The SMILES string of the molecule is CN(CCc1cc[nH]c1)C(=O)CC1CCNCC1. The highest BCUT2D eigenvalue weighted by molar-refractivity contribution is 5.76. The number of amides is 1. The Hall–Kier alpha value is -1.29. The van der Waals surface area contributed by atoms with E-state index in [1.165, 1.54) is 5.56 Å². The van der Waals surface area contributed by atoms with Gasteiger partial charge < -0.3 is 15.2 Å². The van der Waals surface area contributed by atoms with Crippen molar-refractivity contribution in [1.82, 2.24) is 15.2 Å². The molecule has 0 bridgehead atoms. The molecule has 1 aliphatic rings. The molecule has 4 nitrogen and oxygen atoms in total. The molecule has 0 spiro atoms. The second-order valence-corrected chi connectivity index (χ2v) is 5.18. The molecule has 100 valence electrons. The Bertz CT molecular complexity index is 355. The van der Waals surface area contributed by atoms with Gasteiger partial charge in [-0.15, -0.1) is 0 Å². The lowest BCUT2D eigenvalue weighted by Gasteiger charge is -2.24. The van der Waals surface area contributed by atoms with Crippen LogP contribution in [0.4, 0.5) is 0 Å². The maximum absolute atomic E-state index is 12.1. The summed E-state index contributed by atoms with van der Waals surface area (Å²) in [5.41, 5.74) is 1.26. The molecule has 0 radical (unpaired) electrons. The largest absolute Gasteiger partial charge is 0.367 e. The van der Waals surface area contributed by atoms with E-state index in [-0.39, 0.29) is 5.91 Å². The summed E-state index contributed by atoms with van der Waals surface area (Å²) in [6.07, 6.45) is 7.83. The molecule has 0 aliphatic carbocycles. The molecule has 1 fully saturated rings. The molecule has 1 aromatic rings. The van der Waals surface area contributed by atoms with Gasteiger partial charge in [0.25, 0.3) is 0 Å². The predicted octanol–water partition coefficient (Wildman–Crippen LogP) is 1.41. The quantitative estimate of drug-likeness (QED) is 0.829. The number of nitrogens with zero attached hydrogens (tertiary/aromatic N) is 1. The minimum atomic E-state index is 0.289. The molecule has 1 amide bonds. The minimum Gasteiger partial charge on any atom is -0.367 e. The average Bonchev–Trinajstić information content (AvgIpc) is 2.90. The van der Waals surface area contributed by atoms with Crippen molar-refractivity contribution in [2.75, 3.05) is 26.7 Å². The van der Waals surface area contributed by atoms with Crippen molar-refractivity contribution in [3.63, 3.8) is 0 Å². The minimum absolute atomic E-state index is 0.289. The van der Waals surface area contributed by atoms with E-state index < -0.39 is 0 Å². The van der Waals surface area contributed by atoms with E-state index in [1.807, 2.05) is 24.3 Å². The number of hydrogen-bond donors (Lipinski definition) is 2. The fourth-order valence-electron chi connectivity index (χ4n) is 2.42. The maximum Gasteiger partial charge on any atom is 0.222 e. The summed E-state index contributed by atoms with van der Waals surface area (Å²) in [4.78, 5) is 17.0. The van der Waals surface area contributed by atoms with Crippen LogP contribution in [0.15, 0.2) is 18.5 Å². The number of hydrogen-bond acceptors (Lipinski definition) is 2. The van der Waals surface area contributed by atoms with Crippen molar-refractivity contribution in [3.8, 4) is 0 Å². The van der Waals surface area contributed by atoms with Gasteiger partial charge in [-0.1, -0.05) is 0 Å². The van der Waals surface area contributed by atoms with Crippen molar-refractivity contribution in [3.05, 3.63) is 24.0 Å². The molecule has 0 saturated carbocycles. The Labute approximate surface area is 109 Å². The van der Waals surface area contributed by atoms with Crippen molar-refractivity contribution < 1.29 is 4.79 Å². The fourth-order valence-corrected chi connectivity index (χ4v) is 2.42. The summed E-state index contributed by atoms with van der Waals surface area (Å²) in [5.74, 6) is 0.867. The zero-order valence-corrected chi connectivity index (χ0v) is 11.1. The van der Waals surface area contributed by atoms with Gasteiger partial charge in [-0.05, 0) is 49.9 Å². The average molecular weight is 249 g/mol. The number of carbonyl (C=O) groups excluding carboxylic acids is 1. The van der Waals surface area contributed by atoms with Crippen molar-refractivity contribution in [1.29, 1.82) is 0 Å². The second-order valence-electron chi connectivity index (χ2n) is 5.18. The molecule has 2 N–H and O–H groups in total. The fraction of sp³-hybridized carbons (Fsp3) is 0.643. The van der Waals surface area contributed by atoms with Crippen LogP contribution in [0.1, 0.15) is 24.8 Å².